The van der Waals surface area contributed by atoms with Gasteiger partial charge in [-0.25, -0.2) is 9.97 Å². The number of benzene rings is 3. The maximum Gasteiger partial charge on any atom is 0.139 e. The quantitative estimate of drug-likeness (QED) is 0.391. The van der Waals surface area contributed by atoms with Crippen LogP contribution in [0, 0.1) is 0 Å². The van der Waals surface area contributed by atoms with E-state index in [0.29, 0.717) is 10.0 Å². The smallest absolute Gasteiger partial charge is 0.139 e. The minimum absolute atomic E-state index is 0.676. The molecule has 3 aromatic carbocycles. The molecule has 0 aliphatic carbocycles. The summed E-state index contributed by atoms with van der Waals surface area (Å²) in [6.07, 6.45) is 0. The molecule has 0 saturated heterocycles. The second-order valence-corrected chi connectivity index (χ2v) is 6.91. The third kappa shape index (κ3) is 2.55. The molecular weight excluding hydrogens is 367 g/mol. The van der Waals surface area contributed by atoms with Crippen molar-refractivity contribution in [3.05, 3.63) is 70.7 Å². The first kappa shape index (κ1) is 15.4. The van der Waals surface area contributed by atoms with Crippen molar-refractivity contribution in [3.63, 3.8) is 0 Å². The molecule has 0 fully saturated rings. The van der Waals surface area contributed by atoms with Crippen molar-refractivity contribution in [1.82, 2.24) is 19.9 Å². The summed E-state index contributed by atoms with van der Waals surface area (Å²) >= 11 is 12.2. The predicted octanol–water partition coefficient (Wildman–Crippen LogP) is 6.08. The zero-order valence-electron chi connectivity index (χ0n) is 13.4. The SMILES string of the molecule is Clc1ccc2nc(-c3ccccc3-c3nc4ccc(Cl)cc4[nH]3)[nH]c2c1. The number of halogens is 2. The van der Waals surface area contributed by atoms with Gasteiger partial charge in [-0.15, -0.1) is 0 Å². The number of nitrogens with zero attached hydrogens (tertiary/aromatic N) is 2. The molecule has 0 aliphatic rings. The number of H-pyrrole nitrogens is 2. The van der Waals surface area contributed by atoms with Gasteiger partial charge in [0.2, 0.25) is 0 Å². The number of nitrogens with one attached hydrogen (secondary N) is 2. The lowest BCUT2D eigenvalue weighted by atomic mass is 10.1. The summed E-state index contributed by atoms with van der Waals surface area (Å²) in [7, 11) is 0. The van der Waals surface area contributed by atoms with Crippen LogP contribution >= 0.6 is 23.2 Å². The molecular formula is C20H12Cl2N4. The van der Waals surface area contributed by atoms with Crippen molar-refractivity contribution in [2.75, 3.05) is 0 Å². The Labute approximate surface area is 158 Å². The van der Waals surface area contributed by atoms with Crippen LogP contribution in [0.15, 0.2) is 60.7 Å². The number of hydrogen-bond acceptors (Lipinski definition) is 2. The lowest BCUT2D eigenvalue weighted by molar-refractivity contribution is 1.30. The van der Waals surface area contributed by atoms with Crippen molar-refractivity contribution in [2.24, 2.45) is 0 Å². The van der Waals surface area contributed by atoms with E-state index in [2.05, 4.69) is 9.97 Å². The van der Waals surface area contributed by atoms with E-state index in [9.17, 15) is 0 Å². The first-order valence-corrected chi connectivity index (χ1v) is 8.83. The first-order valence-electron chi connectivity index (χ1n) is 8.08. The highest BCUT2D eigenvalue weighted by Gasteiger charge is 2.14. The van der Waals surface area contributed by atoms with Crippen molar-refractivity contribution >= 4 is 45.3 Å². The average molecular weight is 379 g/mol. The van der Waals surface area contributed by atoms with Gasteiger partial charge in [-0.2, -0.15) is 0 Å². The summed E-state index contributed by atoms with van der Waals surface area (Å²) in [6, 6.07) is 19.2. The van der Waals surface area contributed by atoms with Gasteiger partial charge in [0.05, 0.1) is 22.1 Å². The fourth-order valence-electron chi connectivity index (χ4n) is 3.11. The Morgan fingerprint density at radius 3 is 1.54 bits per heavy atom. The minimum Gasteiger partial charge on any atom is -0.338 e. The number of fused-ring (bicyclic) bond motifs is 2. The molecule has 0 amide bonds. The van der Waals surface area contributed by atoms with E-state index in [1.807, 2.05) is 60.7 Å². The van der Waals surface area contributed by atoms with Crippen molar-refractivity contribution < 1.29 is 0 Å². The molecule has 2 heterocycles. The topological polar surface area (TPSA) is 57.4 Å². The molecule has 5 rings (SSSR count). The highest BCUT2D eigenvalue weighted by Crippen LogP contribution is 2.32. The van der Waals surface area contributed by atoms with Crippen LogP contribution in [0.2, 0.25) is 10.0 Å². The van der Waals surface area contributed by atoms with E-state index < -0.39 is 0 Å². The summed E-state index contributed by atoms with van der Waals surface area (Å²) < 4.78 is 0. The maximum absolute atomic E-state index is 6.09. The summed E-state index contributed by atoms with van der Waals surface area (Å²) in [4.78, 5) is 16.1. The summed E-state index contributed by atoms with van der Waals surface area (Å²) in [5.74, 6) is 1.55. The van der Waals surface area contributed by atoms with E-state index in [0.717, 1.165) is 44.8 Å². The third-order valence-corrected chi connectivity index (χ3v) is 4.80. The van der Waals surface area contributed by atoms with Crippen LogP contribution in [-0.4, -0.2) is 19.9 Å². The molecule has 0 saturated carbocycles. The number of aromatic nitrogens is 4. The van der Waals surface area contributed by atoms with Crippen LogP contribution in [0.5, 0.6) is 0 Å². The van der Waals surface area contributed by atoms with E-state index in [1.54, 1.807) is 0 Å². The van der Waals surface area contributed by atoms with Crippen molar-refractivity contribution in [2.45, 2.75) is 0 Å². The van der Waals surface area contributed by atoms with E-state index in [4.69, 9.17) is 33.2 Å². The Morgan fingerprint density at radius 2 is 1.08 bits per heavy atom. The van der Waals surface area contributed by atoms with Gasteiger partial charge in [0.15, 0.2) is 0 Å². The van der Waals surface area contributed by atoms with Crippen molar-refractivity contribution in [1.29, 1.82) is 0 Å². The first-order chi connectivity index (χ1) is 12.7. The summed E-state index contributed by atoms with van der Waals surface area (Å²) in [5, 5.41) is 1.35. The molecule has 2 N–H and O–H groups in total. The fourth-order valence-corrected chi connectivity index (χ4v) is 3.46. The predicted molar refractivity (Wildman–Crippen MR) is 107 cm³/mol. The molecule has 4 nitrogen and oxygen atoms in total. The molecule has 0 unspecified atom stereocenters. The van der Waals surface area contributed by atoms with Gasteiger partial charge in [-0.05, 0) is 36.4 Å². The molecule has 6 heteroatoms. The van der Waals surface area contributed by atoms with Crippen LogP contribution in [0.3, 0.4) is 0 Å². The van der Waals surface area contributed by atoms with Crippen LogP contribution in [-0.2, 0) is 0 Å². The van der Waals surface area contributed by atoms with Crippen LogP contribution < -0.4 is 0 Å². The molecule has 0 radical (unpaired) electrons. The van der Waals surface area contributed by atoms with Crippen LogP contribution in [0.1, 0.15) is 0 Å². The van der Waals surface area contributed by atoms with Gasteiger partial charge in [-0.1, -0.05) is 47.5 Å². The highest BCUT2D eigenvalue weighted by molar-refractivity contribution is 6.31. The lowest BCUT2D eigenvalue weighted by Crippen LogP contribution is -1.88. The molecule has 5 aromatic rings. The van der Waals surface area contributed by atoms with Gasteiger partial charge in [0.25, 0.3) is 0 Å². The minimum atomic E-state index is 0.676. The molecule has 0 atom stereocenters. The lowest BCUT2D eigenvalue weighted by Gasteiger charge is -2.04. The largest absolute Gasteiger partial charge is 0.338 e. The van der Waals surface area contributed by atoms with Gasteiger partial charge in [-0.3, -0.25) is 0 Å². The highest BCUT2D eigenvalue weighted by atomic mass is 35.5. The van der Waals surface area contributed by atoms with Crippen LogP contribution in [0.25, 0.3) is 44.8 Å². The molecule has 2 aromatic heterocycles. The zero-order valence-corrected chi connectivity index (χ0v) is 14.9. The van der Waals surface area contributed by atoms with E-state index in [1.165, 1.54) is 0 Å². The van der Waals surface area contributed by atoms with Gasteiger partial charge >= 0.3 is 0 Å². The Morgan fingerprint density at radius 1 is 0.615 bits per heavy atom. The number of rotatable bonds is 2. The van der Waals surface area contributed by atoms with Gasteiger partial charge in [0, 0.05) is 21.2 Å². The number of hydrogen-bond donors (Lipinski definition) is 2. The Hall–Kier alpha value is -2.82. The summed E-state index contributed by atoms with van der Waals surface area (Å²) in [5.41, 5.74) is 5.47. The molecule has 0 bridgehead atoms. The normalized spacial score (nSPS) is 11.5. The monoisotopic (exact) mass is 378 g/mol. The maximum atomic E-state index is 6.09. The second kappa shape index (κ2) is 5.87. The Kier molecular flexibility index (Phi) is 3.48. The summed E-state index contributed by atoms with van der Waals surface area (Å²) in [6.45, 7) is 0. The standard InChI is InChI=1S/C20H12Cl2N4/c21-11-5-7-15-17(9-11)25-19(23-15)13-3-1-2-4-14(13)20-24-16-8-6-12(22)10-18(16)26-20/h1-10H,(H,23,25)(H,24,26). The van der Waals surface area contributed by atoms with E-state index >= 15 is 0 Å². The van der Waals surface area contributed by atoms with Crippen molar-refractivity contribution in [3.8, 4) is 22.8 Å². The molecule has 126 valence electrons. The average Bonchev–Trinajstić information content (AvgIpc) is 3.24. The fraction of sp³-hybridized carbons (Fsp3) is 0. The number of aromatic amines is 2. The second-order valence-electron chi connectivity index (χ2n) is 6.04. The Balaban J connectivity index is 1.70. The third-order valence-electron chi connectivity index (χ3n) is 4.33. The van der Waals surface area contributed by atoms with Gasteiger partial charge < -0.3 is 9.97 Å². The van der Waals surface area contributed by atoms with Crippen LogP contribution in [0.4, 0.5) is 0 Å². The Bertz CT molecular complexity index is 1170. The molecule has 0 aliphatic heterocycles. The number of imidazole rings is 2. The zero-order chi connectivity index (χ0) is 17.7. The molecule has 26 heavy (non-hydrogen) atoms. The van der Waals surface area contributed by atoms with Gasteiger partial charge in [0.1, 0.15) is 11.6 Å². The van der Waals surface area contributed by atoms with E-state index in [-0.39, 0.29) is 0 Å². The molecule has 0 spiro atoms.